The van der Waals surface area contributed by atoms with Gasteiger partial charge in [0.2, 0.25) is 0 Å². The topological polar surface area (TPSA) is 44.1 Å². The highest BCUT2D eigenvalue weighted by Crippen LogP contribution is 2.24. The second-order valence-electron chi connectivity index (χ2n) is 5.84. The highest BCUT2D eigenvalue weighted by atomic mass is 19.1. The van der Waals surface area contributed by atoms with Crippen molar-refractivity contribution in [1.82, 2.24) is 9.78 Å². The number of aromatic nitrogens is 2. The first-order chi connectivity index (χ1) is 12.0. The quantitative estimate of drug-likeness (QED) is 0.659. The molecule has 0 spiro atoms. The SMILES string of the molecule is CCOC(=O)c1cc(-c2ccc(F)cc2)nn1-c1ccc(C)cc1C. The van der Waals surface area contributed by atoms with Crippen molar-refractivity contribution in [2.24, 2.45) is 0 Å². The van der Waals surface area contributed by atoms with Crippen LogP contribution in [0.5, 0.6) is 0 Å². The van der Waals surface area contributed by atoms with E-state index in [4.69, 9.17) is 4.74 Å². The van der Waals surface area contributed by atoms with E-state index >= 15 is 0 Å². The number of halogens is 1. The van der Waals surface area contributed by atoms with E-state index in [1.165, 1.54) is 12.1 Å². The maximum atomic E-state index is 13.2. The van der Waals surface area contributed by atoms with Crippen LogP contribution in [0.2, 0.25) is 0 Å². The molecule has 25 heavy (non-hydrogen) atoms. The average Bonchev–Trinajstić information content (AvgIpc) is 3.01. The fraction of sp³-hybridized carbons (Fsp3) is 0.200. The molecule has 3 aromatic rings. The van der Waals surface area contributed by atoms with Crippen LogP contribution in [-0.4, -0.2) is 22.4 Å². The van der Waals surface area contributed by atoms with Gasteiger partial charge in [-0.3, -0.25) is 0 Å². The van der Waals surface area contributed by atoms with E-state index < -0.39 is 5.97 Å². The fourth-order valence-electron chi connectivity index (χ4n) is 2.72. The maximum Gasteiger partial charge on any atom is 0.357 e. The summed E-state index contributed by atoms with van der Waals surface area (Å²) in [4.78, 5) is 12.4. The van der Waals surface area contributed by atoms with Crippen molar-refractivity contribution in [3.8, 4) is 16.9 Å². The molecule has 0 saturated carbocycles. The Morgan fingerprint density at radius 1 is 1.12 bits per heavy atom. The molecule has 0 N–H and O–H groups in total. The van der Waals surface area contributed by atoms with Gasteiger partial charge in [0, 0.05) is 5.56 Å². The minimum absolute atomic E-state index is 0.281. The summed E-state index contributed by atoms with van der Waals surface area (Å²) in [5, 5.41) is 4.57. The molecule has 0 radical (unpaired) electrons. The highest BCUT2D eigenvalue weighted by molar-refractivity contribution is 5.90. The number of nitrogens with zero attached hydrogens (tertiary/aromatic N) is 2. The minimum Gasteiger partial charge on any atom is -0.461 e. The summed E-state index contributed by atoms with van der Waals surface area (Å²) in [5.74, 6) is -0.758. The third-order valence-electron chi connectivity index (χ3n) is 3.91. The first kappa shape index (κ1) is 16.9. The Balaban J connectivity index is 2.15. The van der Waals surface area contributed by atoms with Gasteiger partial charge in [0.1, 0.15) is 5.82 Å². The van der Waals surface area contributed by atoms with Gasteiger partial charge >= 0.3 is 5.97 Å². The largest absolute Gasteiger partial charge is 0.461 e. The number of carbonyl (C=O) groups is 1. The predicted octanol–water partition coefficient (Wildman–Crippen LogP) is 4.47. The Labute approximate surface area is 145 Å². The maximum absolute atomic E-state index is 13.2. The van der Waals surface area contributed by atoms with Crippen molar-refractivity contribution in [2.45, 2.75) is 20.8 Å². The summed E-state index contributed by atoms with van der Waals surface area (Å²) in [6.45, 7) is 6.02. The molecule has 0 unspecified atom stereocenters. The van der Waals surface area contributed by atoms with Gasteiger partial charge in [-0.15, -0.1) is 0 Å². The van der Waals surface area contributed by atoms with Gasteiger partial charge in [-0.1, -0.05) is 17.7 Å². The van der Waals surface area contributed by atoms with Gasteiger partial charge < -0.3 is 4.74 Å². The van der Waals surface area contributed by atoms with Crippen molar-refractivity contribution < 1.29 is 13.9 Å². The van der Waals surface area contributed by atoms with E-state index in [0.717, 1.165) is 22.4 Å². The minimum atomic E-state index is -0.441. The van der Waals surface area contributed by atoms with E-state index in [1.54, 1.807) is 29.8 Å². The molecular weight excluding hydrogens is 319 g/mol. The van der Waals surface area contributed by atoms with Crippen molar-refractivity contribution in [2.75, 3.05) is 6.61 Å². The number of rotatable bonds is 4. The molecule has 0 saturated heterocycles. The fourth-order valence-corrected chi connectivity index (χ4v) is 2.72. The van der Waals surface area contributed by atoms with Gasteiger partial charge in [0.05, 0.1) is 18.0 Å². The van der Waals surface area contributed by atoms with Crippen LogP contribution in [0.15, 0.2) is 48.5 Å². The van der Waals surface area contributed by atoms with Crippen LogP contribution in [0.4, 0.5) is 4.39 Å². The van der Waals surface area contributed by atoms with Crippen molar-refractivity contribution in [1.29, 1.82) is 0 Å². The molecule has 0 fully saturated rings. The normalized spacial score (nSPS) is 10.7. The smallest absolute Gasteiger partial charge is 0.357 e. The number of esters is 1. The van der Waals surface area contributed by atoms with Gasteiger partial charge in [0.15, 0.2) is 5.69 Å². The Morgan fingerprint density at radius 3 is 2.48 bits per heavy atom. The number of ether oxygens (including phenoxy) is 1. The first-order valence-electron chi connectivity index (χ1n) is 8.10. The van der Waals surface area contributed by atoms with E-state index in [-0.39, 0.29) is 12.4 Å². The van der Waals surface area contributed by atoms with Gasteiger partial charge in [-0.2, -0.15) is 5.10 Å². The average molecular weight is 338 g/mol. The van der Waals surface area contributed by atoms with E-state index in [1.807, 2.05) is 32.0 Å². The number of benzene rings is 2. The van der Waals surface area contributed by atoms with Gasteiger partial charge in [0.25, 0.3) is 0 Å². The number of carbonyl (C=O) groups excluding carboxylic acids is 1. The molecule has 5 heteroatoms. The number of hydrogen-bond acceptors (Lipinski definition) is 3. The third-order valence-corrected chi connectivity index (χ3v) is 3.91. The lowest BCUT2D eigenvalue weighted by Crippen LogP contribution is -2.12. The Hall–Kier alpha value is -2.95. The molecule has 0 aliphatic heterocycles. The second-order valence-corrected chi connectivity index (χ2v) is 5.84. The molecule has 1 heterocycles. The zero-order valence-corrected chi connectivity index (χ0v) is 14.4. The summed E-state index contributed by atoms with van der Waals surface area (Å²) < 4.78 is 19.9. The monoisotopic (exact) mass is 338 g/mol. The molecule has 0 atom stereocenters. The van der Waals surface area contributed by atoms with E-state index in [2.05, 4.69) is 5.10 Å². The Morgan fingerprint density at radius 2 is 1.84 bits per heavy atom. The van der Waals surface area contributed by atoms with Crippen LogP contribution in [0.25, 0.3) is 16.9 Å². The van der Waals surface area contributed by atoms with Crippen molar-refractivity contribution in [3.63, 3.8) is 0 Å². The van der Waals surface area contributed by atoms with Gasteiger partial charge in [-0.05, 0) is 62.7 Å². The summed E-state index contributed by atoms with van der Waals surface area (Å²) in [7, 11) is 0. The molecule has 2 aromatic carbocycles. The molecule has 0 aliphatic rings. The number of aryl methyl sites for hydroxylation is 2. The molecular formula is C20H19FN2O2. The number of hydrogen-bond donors (Lipinski definition) is 0. The Kier molecular flexibility index (Phi) is 4.65. The van der Waals surface area contributed by atoms with Crippen LogP contribution in [0.1, 0.15) is 28.5 Å². The van der Waals surface area contributed by atoms with Crippen LogP contribution in [-0.2, 0) is 4.74 Å². The molecule has 3 rings (SSSR count). The predicted molar refractivity (Wildman–Crippen MR) is 94.4 cm³/mol. The lowest BCUT2D eigenvalue weighted by atomic mass is 10.1. The summed E-state index contributed by atoms with van der Waals surface area (Å²) in [5.41, 5.74) is 4.60. The molecule has 0 amide bonds. The zero-order chi connectivity index (χ0) is 18.0. The first-order valence-corrected chi connectivity index (χ1v) is 8.10. The molecule has 0 aliphatic carbocycles. The molecule has 1 aromatic heterocycles. The van der Waals surface area contributed by atoms with E-state index in [0.29, 0.717) is 11.4 Å². The molecule has 128 valence electrons. The molecule has 0 bridgehead atoms. The van der Waals surface area contributed by atoms with Gasteiger partial charge in [-0.25, -0.2) is 13.9 Å². The second kappa shape index (κ2) is 6.89. The third kappa shape index (κ3) is 3.45. The lowest BCUT2D eigenvalue weighted by Gasteiger charge is -2.10. The standard InChI is InChI=1S/C20H19FN2O2/c1-4-25-20(24)19-12-17(15-6-8-16(21)9-7-15)22-23(19)18-10-5-13(2)11-14(18)3/h5-12H,4H2,1-3H3. The summed E-state index contributed by atoms with van der Waals surface area (Å²) in [6, 6.07) is 13.6. The summed E-state index contributed by atoms with van der Waals surface area (Å²) in [6.07, 6.45) is 0. The zero-order valence-electron chi connectivity index (χ0n) is 14.4. The van der Waals surface area contributed by atoms with Crippen LogP contribution in [0, 0.1) is 19.7 Å². The summed E-state index contributed by atoms with van der Waals surface area (Å²) >= 11 is 0. The van der Waals surface area contributed by atoms with Crippen LogP contribution in [0.3, 0.4) is 0 Å². The van der Waals surface area contributed by atoms with Crippen LogP contribution < -0.4 is 0 Å². The van der Waals surface area contributed by atoms with Crippen molar-refractivity contribution >= 4 is 5.97 Å². The highest BCUT2D eigenvalue weighted by Gasteiger charge is 2.19. The van der Waals surface area contributed by atoms with Crippen molar-refractivity contribution in [3.05, 3.63) is 71.2 Å². The Bertz CT molecular complexity index is 914. The van der Waals surface area contributed by atoms with Crippen LogP contribution >= 0.6 is 0 Å². The lowest BCUT2D eigenvalue weighted by molar-refractivity contribution is 0.0515. The van der Waals surface area contributed by atoms with E-state index in [9.17, 15) is 9.18 Å². The molecule has 4 nitrogen and oxygen atoms in total.